The Hall–Kier alpha value is -3.22. The van der Waals surface area contributed by atoms with Gasteiger partial charge in [0.2, 0.25) is 5.91 Å². The van der Waals surface area contributed by atoms with Crippen molar-refractivity contribution in [3.63, 3.8) is 0 Å². The van der Waals surface area contributed by atoms with Gasteiger partial charge in [0.15, 0.2) is 0 Å². The van der Waals surface area contributed by atoms with Gasteiger partial charge in [-0.1, -0.05) is 43.5 Å². The molecule has 2 atom stereocenters. The molecule has 178 valence electrons. The van der Waals surface area contributed by atoms with Crippen molar-refractivity contribution in [3.8, 4) is 0 Å². The van der Waals surface area contributed by atoms with Crippen LogP contribution in [0.1, 0.15) is 55.7 Å². The summed E-state index contributed by atoms with van der Waals surface area (Å²) in [6.07, 6.45) is 7.15. The van der Waals surface area contributed by atoms with Gasteiger partial charge in [0, 0.05) is 48.8 Å². The summed E-state index contributed by atoms with van der Waals surface area (Å²) >= 11 is 0. The van der Waals surface area contributed by atoms with Gasteiger partial charge in [0.1, 0.15) is 11.5 Å². The highest BCUT2D eigenvalue weighted by Crippen LogP contribution is 2.35. The molecule has 1 aromatic heterocycles. The minimum atomic E-state index is -0.441. The average molecular weight is 464 g/mol. The van der Waals surface area contributed by atoms with Crippen LogP contribution in [0.2, 0.25) is 0 Å². The largest absolute Gasteiger partial charge is 0.336 e. The molecule has 1 aromatic carbocycles. The normalized spacial score (nSPS) is 22.7. The van der Waals surface area contributed by atoms with Gasteiger partial charge < -0.3 is 14.8 Å². The lowest BCUT2D eigenvalue weighted by Gasteiger charge is -2.43. The van der Waals surface area contributed by atoms with E-state index in [2.05, 4.69) is 5.32 Å². The number of nitrogens with zero attached hydrogens (tertiary/aromatic N) is 2. The van der Waals surface area contributed by atoms with E-state index < -0.39 is 5.82 Å². The van der Waals surface area contributed by atoms with Gasteiger partial charge >= 0.3 is 0 Å². The van der Waals surface area contributed by atoms with Crippen LogP contribution in [-0.4, -0.2) is 34.4 Å². The molecule has 34 heavy (non-hydrogen) atoms. The van der Waals surface area contributed by atoms with Crippen molar-refractivity contribution in [1.82, 2.24) is 14.8 Å². The topological polar surface area (TPSA) is 71.4 Å². The van der Waals surface area contributed by atoms with Gasteiger partial charge in [0.25, 0.3) is 11.5 Å². The Bertz CT molecular complexity index is 1180. The third kappa shape index (κ3) is 4.56. The van der Waals surface area contributed by atoms with Gasteiger partial charge in [-0.15, -0.1) is 0 Å². The Morgan fingerprint density at radius 2 is 1.76 bits per heavy atom. The molecular weight excluding hydrogens is 433 g/mol. The SMILES string of the molecule is O=C(N/C(=C\c1ccccc1F)C(=O)N1C[C@H]2C[C@@H](C1)c1cccc(=O)n1C2)C1CCCCC1. The second-order valence-electron chi connectivity index (χ2n) is 9.81. The predicted octanol–water partition coefficient (Wildman–Crippen LogP) is 3.67. The third-order valence-electron chi connectivity index (χ3n) is 7.44. The predicted molar refractivity (Wildman–Crippen MR) is 127 cm³/mol. The number of fused-ring (bicyclic) bond motifs is 4. The fourth-order valence-electron chi connectivity index (χ4n) is 5.73. The van der Waals surface area contributed by atoms with Crippen LogP contribution in [0.4, 0.5) is 4.39 Å². The van der Waals surface area contributed by atoms with Gasteiger partial charge in [0.05, 0.1) is 0 Å². The lowest BCUT2D eigenvalue weighted by molar-refractivity contribution is -0.133. The van der Waals surface area contributed by atoms with Crippen molar-refractivity contribution < 1.29 is 14.0 Å². The molecule has 0 unspecified atom stereocenters. The van der Waals surface area contributed by atoms with Crippen LogP contribution < -0.4 is 10.9 Å². The Balaban J connectivity index is 1.42. The summed E-state index contributed by atoms with van der Waals surface area (Å²) in [7, 11) is 0. The van der Waals surface area contributed by atoms with Crippen LogP contribution in [0.25, 0.3) is 6.08 Å². The van der Waals surface area contributed by atoms with E-state index in [1.165, 1.54) is 12.1 Å². The number of benzene rings is 1. The molecule has 2 aliphatic heterocycles. The molecule has 2 bridgehead atoms. The summed E-state index contributed by atoms with van der Waals surface area (Å²) < 4.78 is 16.2. The molecule has 3 heterocycles. The van der Waals surface area contributed by atoms with Crippen molar-refractivity contribution in [3.05, 3.63) is 75.6 Å². The molecule has 2 fully saturated rings. The standard InChI is InChI=1S/C27H30FN3O3/c28-22-10-5-4-9-20(22)14-23(29-26(33)19-7-2-1-3-8-19)27(34)30-15-18-13-21(17-30)24-11-6-12-25(32)31(24)16-18/h4-6,9-12,14,18-19,21H,1-3,7-8,13,15-17H2,(H,29,33)/b23-14-/t18-,21+/m1/s1. The van der Waals surface area contributed by atoms with Crippen molar-refractivity contribution in [1.29, 1.82) is 0 Å². The number of amides is 2. The minimum Gasteiger partial charge on any atom is -0.336 e. The molecule has 0 radical (unpaired) electrons. The van der Waals surface area contributed by atoms with E-state index in [1.54, 1.807) is 35.2 Å². The number of nitrogens with one attached hydrogen (secondary N) is 1. The molecule has 1 N–H and O–H groups in total. The quantitative estimate of drug-likeness (QED) is 0.704. The first-order valence-corrected chi connectivity index (χ1v) is 12.3. The lowest BCUT2D eigenvalue weighted by atomic mass is 9.83. The van der Waals surface area contributed by atoms with E-state index in [4.69, 9.17) is 0 Å². The van der Waals surface area contributed by atoms with E-state index in [0.717, 1.165) is 44.2 Å². The van der Waals surface area contributed by atoms with E-state index >= 15 is 0 Å². The molecule has 1 saturated carbocycles. The summed E-state index contributed by atoms with van der Waals surface area (Å²) in [5, 5.41) is 2.86. The van der Waals surface area contributed by atoms with Gasteiger partial charge in [-0.3, -0.25) is 14.4 Å². The fraction of sp³-hybridized carbons (Fsp3) is 0.444. The van der Waals surface area contributed by atoms with Gasteiger partial charge in [-0.25, -0.2) is 4.39 Å². The number of aromatic nitrogens is 1. The molecule has 5 rings (SSSR count). The molecule has 0 spiro atoms. The highest BCUT2D eigenvalue weighted by molar-refractivity contribution is 6.01. The number of halogens is 1. The number of carbonyl (C=O) groups is 2. The number of pyridine rings is 1. The molecule has 2 aromatic rings. The number of hydrogen-bond acceptors (Lipinski definition) is 3. The maximum absolute atomic E-state index is 14.4. The number of rotatable bonds is 4. The molecule has 2 amide bonds. The number of hydrogen-bond donors (Lipinski definition) is 1. The molecule has 6 nitrogen and oxygen atoms in total. The van der Waals surface area contributed by atoms with Crippen LogP contribution in [-0.2, 0) is 16.1 Å². The van der Waals surface area contributed by atoms with Gasteiger partial charge in [-0.2, -0.15) is 0 Å². The Morgan fingerprint density at radius 3 is 2.56 bits per heavy atom. The summed E-state index contributed by atoms with van der Waals surface area (Å²) in [4.78, 5) is 40.8. The summed E-state index contributed by atoms with van der Waals surface area (Å²) in [6.45, 7) is 1.55. The Kier molecular flexibility index (Phi) is 6.35. The van der Waals surface area contributed by atoms with Crippen molar-refractivity contribution in [2.45, 2.75) is 51.0 Å². The van der Waals surface area contributed by atoms with Crippen molar-refractivity contribution >= 4 is 17.9 Å². The zero-order valence-electron chi connectivity index (χ0n) is 19.2. The van der Waals surface area contributed by atoms with Crippen molar-refractivity contribution in [2.75, 3.05) is 13.1 Å². The van der Waals surface area contributed by atoms with E-state index in [1.807, 2.05) is 10.6 Å². The van der Waals surface area contributed by atoms with E-state index in [9.17, 15) is 18.8 Å². The van der Waals surface area contributed by atoms with Crippen molar-refractivity contribution in [2.24, 2.45) is 11.8 Å². The first kappa shape index (κ1) is 22.6. The fourth-order valence-corrected chi connectivity index (χ4v) is 5.73. The monoisotopic (exact) mass is 463 g/mol. The maximum atomic E-state index is 14.4. The molecule has 1 saturated heterocycles. The Labute approximate surface area is 198 Å². The maximum Gasteiger partial charge on any atom is 0.270 e. The Morgan fingerprint density at radius 1 is 0.971 bits per heavy atom. The smallest absolute Gasteiger partial charge is 0.270 e. The van der Waals surface area contributed by atoms with Crippen LogP contribution in [0, 0.1) is 17.7 Å². The van der Waals surface area contributed by atoms with Crippen LogP contribution in [0.15, 0.2) is 53.0 Å². The first-order valence-electron chi connectivity index (χ1n) is 12.3. The molecule has 1 aliphatic carbocycles. The molecule has 7 heteroatoms. The second kappa shape index (κ2) is 9.57. The lowest BCUT2D eigenvalue weighted by Crippen LogP contribution is -2.51. The highest BCUT2D eigenvalue weighted by atomic mass is 19.1. The third-order valence-corrected chi connectivity index (χ3v) is 7.44. The highest BCUT2D eigenvalue weighted by Gasteiger charge is 2.37. The number of carbonyl (C=O) groups excluding carboxylic acids is 2. The van der Waals surface area contributed by atoms with Crippen LogP contribution in [0.3, 0.4) is 0 Å². The second-order valence-corrected chi connectivity index (χ2v) is 9.81. The summed E-state index contributed by atoms with van der Waals surface area (Å²) in [6, 6.07) is 11.5. The zero-order chi connectivity index (χ0) is 23.7. The summed E-state index contributed by atoms with van der Waals surface area (Å²) in [5.41, 5.74) is 1.33. The number of piperidine rings is 1. The minimum absolute atomic E-state index is 0.00754. The van der Waals surface area contributed by atoms with Crippen LogP contribution in [0.5, 0.6) is 0 Å². The molecular formula is C27H30FN3O3. The first-order chi connectivity index (χ1) is 16.5. The number of likely N-dealkylation sites (tertiary alicyclic amines) is 1. The zero-order valence-corrected chi connectivity index (χ0v) is 19.2. The summed E-state index contributed by atoms with van der Waals surface area (Å²) in [5.74, 6) is -0.791. The van der Waals surface area contributed by atoms with Gasteiger partial charge in [-0.05, 0) is 43.4 Å². The average Bonchev–Trinajstić information content (AvgIpc) is 2.85. The van der Waals surface area contributed by atoms with Crippen LogP contribution >= 0.6 is 0 Å². The molecule has 3 aliphatic rings. The van der Waals surface area contributed by atoms with E-state index in [-0.39, 0.29) is 46.4 Å². The van der Waals surface area contributed by atoms with E-state index in [0.29, 0.717) is 19.6 Å².